The highest BCUT2D eigenvalue weighted by Crippen LogP contribution is 2.24. The highest BCUT2D eigenvalue weighted by molar-refractivity contribution is 5.74. The van der Waals surface area contributed by atoms with Crippen LogP contribution in [0.3, 0.4) is 0 Å². The Labute approximate surface area is 141 Å². The molecule has 0 N–H and O–H groups in total. The number of nitrogens with zero attached hydrogens (tertiary/aromatic N) is 3. The van der Waals surface area contributed by atoms with E-state index in [1.165, 1.54) is 17.9 Å². The van der Waals surface area contributed by atoms with Crippen molar-refractivity contribution in [2.75, 3.05) is 26.7 Å². The predicted molar refractivity (Wildman–Crippen MR) is 88.7 cm³/mol. The average Bonchev–Trinajstić information content (AvgIpc) is 2.49. The second-order valence-electron chi connectivity index (χ2n) is 7.19. The van der Waals surface area contributed by atoms with E-state index in [9.17, 15) is 14.0 Å². The molecule has 134 valence electrons. The maximum absolute atomic E-state index is 13.5. The van der Waals surface area contributed by atoms with E-state index < -0.39 is 23.4 Å². The van der Waals surface area contributed by atoms with Gasteiger partial charge < -0.3 is 4.74 Å². The number of aromatic nitrogens is 2. The summed E-state index contributed by atoms with van der Waals surface area (Å²) in [6.45, 7) is 7.12. The van der Waals surface area contributed by atoms with Crippen LogP contribution in [0, 0.1) is 5.92 Å². The van der Waals surface area contributed by atoms with Gasteiger partial charge in [0, 0.05) is 32.0 Å². The van der Waals surface area contributed by atoms with Gasteiger partial charge in [-0.1, -0.05) is 13.8 Å². The molecular weight excluding hydrogens is 313 g/mol. The van der Waals surface area contributed by atoms with Crippen molar-refractivity contribution in [3.63, 3.8) is 0 Å². The minimum atomic E-state index is -1.09. The first kappa shape index (κ1) is 18.6. The van der Waals surface area contributed by atoms with Crippen molar-refractivity contribution in [1.29, 1.82) is 0 Å². The third-order valence-corrected chi connectivity index (χ3v) is 4.19. The van der Waals surface area contributed by atoms with E-state index in [2.05, 4.69) is 4.98 Å². The van der Waals surface area contributed by atoms with Crippen LogP contribution in [0.15, 0.2) is 17.2 Å². The van der Waals surface area contributed by atoms with E-state index in [1.54, 1.807) is 13.1 Å². The molecule has 1 unspecified atom stereocenters. The van der Waals surface area contributed by atoms with Crippen LogP contribution >= 0.6 is 0 Å². The van der Waals surface area contributed by atoms with Crippen molar-refractivity contribution in [2.45, 2.75) is 45.3 Å². The van der Waals surface area contributed by atoms with Gasteiger partial charge in [-0.15, -0.1) is 0 Å². The van der Waals surface area contributed by atoms with Crippen molar-refractivity contribution in [3.8, 4) is 0 Å². The Hall–Kier alpha value is -1.76. The van der Waals surface area contributed by atoms with Gasteiger partial charge in [0.2, 0.25) is 0 Å². The SMILES string of the molecule is COC(=O)C(CC(C)C)n1cc(CCN2CC(C)(F)C2)cnc1=O. The molecule has 0 bridgehead atoms. The summed E-state index contributed by atoms with van der Waals surface area (Å²) in [7, 11) is 1.32. The minimum Gasteiger partial charge on any atom is -0.467 e. The molecule has 1 fully saturated rings. The van der Waals surface area contributed by atoms with E-state index in [1.807, 2.05) is 18.7 Å². The molecule has 0 radical (unpaired) electrons. The van der Waals surface area contributed by atoms with Crippen molar-refractivity contribution >= 4 is 5.97 Å². The van der Waals surface area contributed by atoms with Gasteiger partial charge >= 0.3 is 11.7 Å². The summed E-state index contributed by atoms with van der Waals surface area (Å²) < 4.78 is 19.7. The molecule has 24 heavy (non-hydrogen) atoms. The molecular formula is C17H26FN3O3. The number of likely N-dealkylation sites (tertiary alicyclic amines) is 1. The van der Waals surface area contributed by atoms with Crippen LogP contribution in [0.4, 0.5) is 4.39 Å². The predicted octanol–water partition coefficient (Wildman–Crippen LogP) is 1.59. The smallest absolute Gasteiger partial charge is 0.348 e. The first-order chi connectivity index (χ1) is 11.2. The van der Waals surface area contributed by atoms with Crippen LogP contribution in [0.2, 0.25) is 0 Å². The molecule has 2 rings (SSSR count). The third kappa shape index (κ3) is 4.63. The Kier molecular flexibility index (Phi) is 5.74. The molecule has 0 spiro atoms. The molecule has 0 aliphatic carbocycles. The highest BCUT2D eigenvalue weighted by Gasteiger charge is 2.38. The summed E-state index contributed by atoms with van der Waals surface area (Å²) in [6, 6.07) is -0.673. The lowest BCUT2D eigenvalue weighted by Gasteiger charge is -2.42. The van der Waals surface area contributed by atoms with Crippen molar-refractivity contribution < 1.29 is 13.9 Å². The molecule has 2 heterocycles. The lowest BCUT2D eigenvalue weighted by Crippen LogP contribution is -2.57. The maximum Gasteiger partial charge on any atom is 0.348 e. The molecule has 0 aromatic carbocycles. The zero-order chi connectivity index (χ0) is 17.9. The first-order valence-corrected chi connectivity index (χ1v) is 8.28. The monoisotopic (exact) mass is 339 g/mol. The number of esters is 1. The largest absolute Gasteiger partial charge is 0.467 e. The second kappa shape index (κ2) is 7.42. The first-order valence-electron chi connectivity index (χ1n) is 8.28. The summed E-state index contributed by atoms with van der Waals surface area (Å²) >= 11 is 0. The van der Waals surface area contributed by atoms with Gasteiger partial charge in [0.15, 0.2) is 0 Å². The Morgan fingerprint density at radius 2 is 2.12 bits per heavy atom. The van der Waals surface area contributed by atoms with E-state index in [4.69, 9.17) is 4.74 Å². The quantitative estimate of drug-likeness (QED) is 0.706. The van der Waals surface area contributed by atoms with Crippen LogP contribution < -0.4 is 5.69 Å². The number of halogens is 1. The lowest BCUT2D eigenvalue weighted by atomic mass is 9.98. The third-order valence-electron chi connectivity index (χ3n) is 4.19. The van der Waals surface area contributed by atoms with Gasteiger partial charge in [-0.05, 0) is 31.2 Å². The summed E-state index contributed by atoms with van der Waals surface area (Å²) in [5.41, 5.74) is -0.709. The Morgan fingerprint density at radius 3 is 2.67 bits per heavy atom. The van der Waals surface area contributed by atoms with Crippen LogP contribution in [0.5, 0.6) is 0 Å². The Morgan fingerprint density at radius 1 is 1.46 bits per heavy atom. The molecule has 1 aromatic heterocycles. The second-order valence-corrected chi connectivity index (χ2v) is 7.19. The number of ether oxygens (including phenoxy) is 1. The van der Waals surface area contributed by atoms with Crippen molar-refractivity contribution in [3.05, 3.63) is 28.4 Å². The molecule has 6 nitrogen and oxygen atoms in total. The number of rotatable bonds is 7. The van der Waals surface area contributed by atoms with Gasteiger partial charge in [0.1, 0.15) is 11.7 Å². The fourth-order valence-electron chi connectivity index (χ4n) is 3.06. The van der Waals surface area contributed by atoms with Crippen molar-refractivity contribution in [2.24, 2.45) is 5.92 Å². The summed E-state index contributed by atoms with van der Waals surface area (Å²) in [4.78, 5) is 30.0. The minimum absolute atomic E-state index is 0.230. The van der Waals surface area contributed by atoms with Gasteiger partial charge in [-0.2, -0.15) is 0 Å². The number of alkyl halides is 1. The fraction of sp³-hybridized carbons (Fsp3) is 0.706. The van der Waals surface area contributed by atoms with Crippen LogP contribution in [0.25, 0.3) is 0 Å². The van der Waals surface area contributed by atoms with E-state index in [0.717, 1.165) is 5.56 Å². The van der Waals surface area contributed by atoms with E-state index in [0.29, 0.717) is 32.5 Å². The zero-order valence-corrected chi connectivity index (χ0v) is 14.8. The van der Waals surface area contributed by atoms with E-state index in [-0.39, 0.29) is 5.92 Å². The Balaban J connectivity index is 2.11. The average molecular weight is 339 g/mol. The lowest BCUT2D eigenvalue weighted by molar-refractivity contribution is -0.145. The van der Waals surface area contributed by atoms with Gasteiger partial charge in [0.25, 0.3) is 0 Å². The van der Waals surface area contributed by atoms with Gasteiger partial charge in [-0.3, -0.25) is 9.47 Å². The standard InChI is InChI=1S/C17H26FN3O3/c1-12(2)7-14(15(22)24-4)21-9-13(8-19-16(21)23)5-6-20-10-17(3,18)11-20/h8-9,12,14H,5-7,10-11H2,1-4H3. The number of hydrogen-bond donors (Lipinski definition) is 0. The molecule has 1 saturated heterocycles. The summed E-state index contributed by atoms with van der Waals surface area (Å²) in [5, 5.41) is 0. The molecule has 1 aromatic rings. The zero-order valence-electron chi connectivity index (χ0n) is 14.8. The number of hydrogen-bond acceptors (Lipinski definition) is 5. The summed E-state index contributed by atoms with van der Waals surface area (Å²) in [6.07, 6.45) is 4.35. The van der Waals surface area contributed by atoms with Gasteiger partial charge in [0.05, 0.1) is 7.11 Å². The Bertz CT molecular complexity index is 634. The number of methoxy groups -OCH3 is 1. The van der Waals surface area contributed by atoms with Crippen molar-refractivity contribution in [1.82, 2.24) is 14.5 Å². The highest BCUT2D eigenvalue weighted by atomic mass is 19.1. The van der Waals surface area contributed by atoms with E-state index >= 15 is 0 Å². The molecule has 1 aliphatic rings. The molecule has 1 atom stereocenters. The normalized spacial score (nSPS) is 18.2. The molecule has 0 saturated carbocycles. The molecule has 1 aliphatic heterocycles. The number of carbonyl (C=O) groups is 1. The topological polar surface area (TPSA) is 64.4 Å². The molecule has 0 amide bonds. The van der Waals surface area contributed by atoms with Crippen LogP contribution in [-0.2, 0) is 16.0 Å². The number of carbonyl (C=O) groups excluding carboxylic acids is 1. The van der Waals surface area contributed by atoms with Crippen LogP contribution in [0.1, 0.15) is 38.8 Å². The molecule has 7 heteroatoms. The van der Waals surface area contributed by atoms with Crippen LogP contribution in [-0.4, -0.2) is 52.8 Å². The fourth-order valence-corrected chi connectivity index (χ4v) is 3.06. The summed E-state index contributed by atoms with van der Waals surface area (Å²) in [5.74, 6) is -0.214. The maximum atomic E-state index is 13.5. The van der Waals surface area contributed by atoms with Gasteiger partial charge in [-0.25, -0.2) is 19.0 Å².